The van der Waals surface area contributed by atoms with E-state index in [2.05, 4.69) is 5.32 Å². The number of carbonyl (C=O) groups is 3. The Labute approximate surface area is 221 Å². The van der Waals surface area contributed by atoms with Gasteiger partial charge < -0.3 is 14.2 Å². The summed E-state index contributed by atoms with van der Waals surface area (Å²) in [5, 5.41) is 2.24. The normalized spacial score (nSPS) is 14.5. The third-order valence-electron chi connectivity index (χ3n) is 6.06. The molecule has 1 heterocycles. The average Bonchev–Trinajstić information content (AvgIpc) is 2.88. The fraction of sp³-hybridized carbons (Fsp3) is 0.233. The van der Waals surface area contributed by atoms with Crippen LogP contribution in [-0.4, -0.2) is 37.7 Å². The van der Waals surface area contributed by atoms with Crippen LogP contribution in [0.1, 0.15) is 29.2 Å². The molecular weight excluding hydrogens is 484 g/mol. The number of benzene rings is 3. The van der Waals surface area contributed by atoms with E-state index in [9.17, 15) is 14.4 Å². The molecule has 3 aromatic carbocycles. The van der Waals surface area contributed by atoms with Gasteiger partial charge in [-0.1, -0.05) is 29.8 Å². The molecule has 196 valence electrons. The number of rotatable bonds is 9. The van der Waals surface area contributed by atoms with E-state index in [1.54, 1.807) is 42.5 Å². The van der Waals surface area contributed by atoms with Crippen molar-refractivity contribution in [2.75, 3.05) is 24.7 Å². The third-order valence-corrected chi connectivity index (χ3v) is 6.06. The quantitative estimate of drug-likeness (QED) is 0.242. The summed E-state index contributed by atoms with van der Waals surface area (Å²) in [6.45, 7) is 8.86. The van der Waals surface area contributed by atoms with Crippen molar-refractivity contribution < 1.29 is 28.6 Å². The molecule has 0 atom stereocenters. The first-order valence-corrected chi connectivity index (χ1v) is 12.3. The van der Waals surface area contributed by atoms with E-state index in [0.717, 1.165) is 21.8 Å². The van der Waals surface area contributed by atoms with E-state index in [1.165, 1.54) is 11.6 Å². The number of carbonyl (C=O) groups excluding carboxylic acids is 3. The van der Waals surface area contributed by atoms with E-state index >= 15 is 0 Å². The van der Waals surface area contributed by atoms with E-state index in [0.29, 0.717) is 42.6 Å². The van der Waals surface area contributed by atoms with Gasteiger partial charge in [-0.3, -0.25) is 14.9 Å². The van der Waals surface area contributed by atoms with Crippen LogP contribution in [0.3, 0.4) is 0 Å². The lowest BCUT2D eigenvalue weighted by molar-refractivity contribution is -0.122. The molecule has 0 aliphatic carbocycles. The second-order valence-corrected chi connectivity index (χ2v) is 8.88. The van der Waals surface area contributed by atoms with Gasteiger partial charge in [-0.2, -0.15) is 0 Å². The minimum Gasteiger partial charge on any atom is -0.490 e. The molecule has 0 radical (unpaired) electrons. The molecule has 1 saturated heterocycles. The largest absolute Gasteiger partial charge is 0.490 e. The number of nitrogens with one attached hydrogen (secondary N) is 1. The molecule has 8 nitrogen and oxygen atoms in total. The Morgan fingerprint density at radius 3 is 2.24 bits per heavy atom. The van der Waals surface area contributed by atoms with Crippen LogP contribution >= 0.6 is 0 Å². The maximum atomic E-state index is 13.2. The predicted octanol–water partition coefficient (Wildman–Crippen LogP) is 5.13. The second kappa shape index (κ2) is 11.6. The summed E-state index contributed by atoms with van der Waals surface area (Å²) >= 11 is 0. The molecule has 0 unspecified atom stereocenters. The monoisotopic (exact) mass is 514 g/mol. The summed E-state index contributed by atoms with van der Waals surface area (Å²) in [6, 6.07) is 17.1. The van der Waals surface area contributed by atoms with Crippen molar-refractivity contribution in [1.29, 1.82) is 0 Å². The molecule has 1 N–H and O–H groups in total. The lowest BCUT2D eigenvalue weighted by Gasteiger charge is -2.26. The van der Waals surface area contributed by atoms with Crippen molar-refractivity contribution in [3.05, 3.63) is 88.5 Å². The van der Waals surface area contributed by atoms with Crippen molar-refractivity contribution in [2.24, 2.45) is 0 Å². The van der Waals surface area contributed by atoms with Gasteiger partial charge in [-0.15, -0.1) is 0 Å². The molecular formula is C30H30N2O6. The highest BCUT2D eigenvalue weighted by Crippen LogP contribution is 2.30. The van der Waals surface area contributed by atoms with Crippen LogP contribution in [0.15, 0.2) is 66.2 Å². The Bertz CT molecular complexity index is 1390. The van der Waals surface area contributed by atoms with Crippen LogP contribution < -0.4 is 24.4 Å². The molecule has 8 heteroatoms. The SMILES string of the molecule is CCOc1cc(/C=C2/C(=O)NC(=O)N(c3ccc(C)cc3)C2=O)ccc1OCCOc1ccc(C)c(C)c1. The maximum absolute atomic E-state index is 13.2. The third kappa shape index (κ3) is 6.03. The highest BCUT2D eigenvalue weighted by Gasteiger charge is 2.36. The minimum atomic E-state index is -0.789. The van der Waals surface area contributed by atoms with Gasteiger partial charge in [0.1, 0.15) is 24.5 Å². The van der Waals surface area contributed by atoms with E-state index in [4.69, 9.17) is 14.2 Å². The Balaban J connectivity index is 1.49. The zero-order valence-corrected chi connectivity index (χ0v) is 21.9. The standard InChI is InChI=1S/C30H30N2O6/c1-5-36-27-18-22(9-13-26(27)38-15-14-37-24-12-8-20(3)21(4)16-24)17-25-28(33)31-30(35)32(29(25)34)23-10-6-19(2)7-11-23/h6-13,16-18H,5,14-15H2,1-4H3,(H,31,33,35)/b25-17-. The van der Waals surface area contributed by atoms with E-state index in [-0.39, 0.29) is 5.57 Å². The number of nitrogens with zero attached hydrogens (tertiary/aromatic N) is 1. The molecule has 3 aromatic rings. The Hall–Kier alpha value is -4.59. The lowest BCUT2D eigenvalue weighted by atomic mass is 10.1. The summed E-state index contributed by atoms with van der Waals surface area (Å²) in [6.07, 6.45) is 1.43. The molecule has 4 amide bonds. The molecule has 0 aromatic heterocycles. The zero-order chi connectivity index (χ0) is 27.2. The van der Waals surface area contributed by atoms with Gasteiger partial charge >= 0.3 is 6.03 Å². The van der Waals surface area contributed by atoms with Gasteiger partial charge in [-0.05, 0) is 86.9 Å². The number of hydrogen-bond acceptors (Lipinski definition) is 6. The van der Waals surface area contributed by atoms with Gasteiger partial charge in [0.2, 0.25) is 0 Å². The Morgan fingerprint density at radius 2 is 1.53 bits per heavy atom. The van der Waals surface area contributed by atoms with E-state index in [1.807, 2.05) is 45.9 Å². The molecule has 1 aliphatic rings. The summed E-state index contributed by atoms with van der Waals surface area (Å²) in [7, 11) is 0. The number of hydrogen-bond donors (Lipinski definition) is 1. The fourth-order valence-corrected chi connectivity index (χ4v) is 3.87. The first-order chi connectivity index (χ1) is 18.3. The van der Waals surface area contributed by atoms with Gasteiger partial charge in [0, 0.05) is 0 Å². The first kappa shape index (κ1) is 26.5. The van der Waals surface area contributed by atoms with Crippen LogP contribution in [0.2, 0.25) is 0 Å². The summed E-state index contributed by atoms with van der Waals surface area (Å²) in [5.41, 5.74) is 4.09. The summed E-state index contributed by atoms with van der Waals surface area (Å²) < 4.78 is 17.4. The summed E-state index contributed by atoms with van der Waals surface area (Å²) in [5.74, 6) is 0.281. The molecule has 0 saturated carbocycles. The molecule has 1 aliphatic heterocycles. The van der Waals surface area contributed by atoms with Crippen molar-refractivity contribution >= 4 is 29.6 Å². The number of barbiturate groups is 1. The molecule has 1 fully saturated rings. The minimum absolute atomic E-state index is 0.164. The number of urea groups is 1. The van der Waals surface area contributed by atoms with Crippen molar-refractivity contribution in [3.8, 4) is 17.2 Å². The predicted molar refractivity (Wildman–Crippen MR) is 145 cm³/mol. The van der Waals surface area contributed by atoms with Gasteiger partial charge in [0.05, 0.1) is 12.3 Å². The van der Waals surface area contributed by atoms with Crippen molar-refractivity contribution in [2.45, 2.75) is 27.7 Å². The Kier molecular flexibility index (Phi) is 8.11. The second-order valence-electron chi connectivity index (χ2n) is 8.88. The van der Waals surface area contributed by atoms with Gasteiger partial charge in [0.25, 0.3) is 11.8 Å². The number of amides is 4. The highest BCUT2D eigenvalue weighted by atomic mass is 16.5. The average molecular weight is 515 g/mol. The van der Waals surface area contributed by atoms with Crippen LogP contribution in [0.25, 0.3) is 6.08 Å². The van der Waals surface area contributed by atoms with Crippen LogP contribution in [0.4, 0.5) is 10.5 Å². The topological polar surface area (TPSA) is 94.2 Å². The zero-order valence-electron chi connectivity index (χ0n) is 21.9. The van der Waals surface area contributed by atoms with Crippen LogP contribution in [0.5, 0.6) is 17.2 Å². The summed E-state index contributed by atoms with van der Waals surface area (Å²) in [4.78, 5) is 39.1. The van der Waals surface area contributed by atoms with Crippen LogP contribution in [0, 0.1) is 20.8 Å². The van der Waals surface area contributed by atoms with E-state index < -0.39 is 17.8 Å². The fourth-order valence-electron chi connectivity index (χ4n) is 3.87. The smallest absolute Gasteiger partial charge is 0.335 e. The Morgan fingerprint density at radius 1 is 0.789 bits per heavy atom. The molecule has 0 spiro atoms. The number of aryl methyl sites for hydroxylation is 3. The van der Waals surface area contributed by atoms with Gasteiger partial charge in [0.15, 0.2) is 11.5 Å². The molecule has 4 rings (SSSR count). The van der Waals surface area contributed by atoms with Crippen molar-refractivity contribution in [1.82, 2.24) is 5.32 Å². The van der Waals surface area contributed by atoms with Crippen LogP contribution in [-0.2, 0) is 9.59 Å². The number of anilines is 1. The maximum Gasteiger partial charge on any atom is 0.335 e. The lowest BCUT2D eigenvalue weighted by Crippen LogP contribution is -2.54. The number of ether oxygens (including phenoxy) is 3. The number of imide groups is 2. The van der Waals surface area contributed by atoms with Gasteiger partial charge in [-0.25, -0.2) is 9.69 Å². The highest BCUT2D eigenvalue weighted by molar-refractivity contribution is 6.39. The first-order valence-electron chi connectivity index (χ1n) is 12.3. The molecule has 0 bridgehead atoms. The molecule has 38 heavy (non-hydrogen) atoms. The van der Waals surface area contributed by atoms with Crippen molar-refractivity contribution in [3.63, 3.8) is 0 Å².